The van der Waals surface area contributed by atoms with E-state index in [4.69, 9.17) is 23.2 Å². The van der Waals surface area contributed by atoms with E-state index in [1.807, 2.05) is 0 Å². The van der Waals surface area contributed by atoms with E-state index in [-0.39, 0.29) is 13.0 Å². The van der Waals surface area contributed by atoms with Crippen LogP contribution in [0.4, 0.5) is 0 Å². The summed E-state index contributed by atoms with van der Waals surface area (Å²) in [6, 6.07) is -0.738. The third-order valence-corrected chi connectivity index (χ3v) is 3.22. The largest absolute Gasteiger partial charge is 0.467 e. The summed E-state index contributed by atoms with van der Waals surface area (Å²) in [6.07, 6.45) is 1.81. The van der Waals surface area contributed by atoms with Gasteiger partial charge in [-0.2, -0.15) is 0 Å². The SMILES string of the molecule is COC(=O)C1Cc2nc[nH]c2CN1C(=O)C(Cl)Cl. The third kappa shape index (κ3) is 2.30. The van der Waals surface area contributed by atoms with Crippen molar-refractivity contribution in [3.63, 3.8) is 0 Å². The fraction of sp³-hybridized carbons (Fsp3) is 0.500. The second kappa shape index (κ2) is 5.16. The molecule has 0 spiro atoms. The van der Waals surface area contributed by atoms with Gasteiger partial charge in [-0.05, 0) is 0 Å². The van der Waals surface area contributed by atoms with Crippen LogP contribution in [0.5, 0.6) is 0 Å². The van der Waals surface area contributed by atoms with Crippen LogP contribution >= 0.6 is 23.2 Å². The highest BCUT2D eigenvalue weighted by Crippen LogP contribution is 2.23. The van der Waals surface area contributed by atoms with Gasteiger partial charge in [0.2, 0.25) is 0 Å². The van der Waals surface area contributed by atoms with Crippen molar-refractivity contribution in [2.45, 2.75) is 23.8 Å². The van der Waals surface area contributed by atoms with Gasteiger partial charge < -0.3 is 14.6 Å². The molecule has 18 heavy (non-hydrogen) atoms. The molecule has 0 fully saturated rings. The van der Waals surface area contributed by atoms with Crippen molar-refractivity contribution in [3.05, 3.63) is 17.7 Å². The van der Waals surface area contributed by atoms with Gasteiger partial charge in [-0.15, -0.1) is 0 Å². The van der Waals surface area contributed by atoms with Crippen LogP contribution in [-0.4, -0.2) is 44.7 Å². The van der Waals surface area contributed by atoms with Gasteiger partial charge in [0.1, 0.15) is 6.04 Å². The molecular weight excluding hydrogens is 281 g/mol. The van der Waals surface area contributed by atoms with Crippen LogP contribution in [-0.2, 0) is 27.3 Å². The molecule has 1 atom stereocenters. The lowest BCUT2D eigenvalue weighted by Crippen LogP contribution is -2.50. The van der Waals surface area contributed by atoms with Crippen LogP contribution in [0.3, 0.4) is 0 Å². The molecule has 1 aromatic rings. The molecule has 1 aliphatic rings. The Kier molecular flexibility index (Phi) is 3.77. The Balaban J connectivity index is 2.30. The van der Waals surface area contributed by atoms with E-state index >= 15 is 0 Å². The predicted octanol–water partition coefficient (Wildman–Crippen LogP) is 0.640. The zero-order valence-electron chi connectivity index (χ0n) is 9.52. The molecule has 6 nitrogen and oxygen atoms in total. The van der Waals surface area contributed by atoms with Crippen LogP contribution in [0.2, 0.25) is 0 Å². The van der Waals surface area contributed by atoms with E-state index < -0.39 is 22.8 Å². The van der Waals surface area contributed by atoms with Gasteiger partial charge in [0.15, 0.2) is 4.84 Å². The number of hydrogen-bond acceptors (Lipinski definition) is 4. The molecule has 1 aliphatic heterocycles. The minimum atomic E-state index is -1.21. The first-order valence-corrected chi connectivity index (χ1v) is 6.09. The molecule has 0 bridgehead atoms. The molecule has 2 heterocycles. The Bertz CT molecular complexity index is 475. The number of amides is 1. The van der Waals surface area contributed by atoms with E-state index in [0.717, 1.165) is 11.4 Å². The molecular formula is C10H11Cl2N3O3. The normalized spacial score (nSPS) is 18.7. The summed E-state index contributed by atoms with van der Waals surface area (Å²) in [5, 5.41) is 0. The number of carbonyl (C=O) groups excluding carboxylic acids is 2. The Morgan fingerprint density at radius 1 is 1.61 bits per heavy atom. The number of fused-ring (bicyclic) bond motifs is 1. The number of aromatic nitrogens is 2. The zero-order chi connectivity index (χ0) is 13.3. The van der Waals surface area contributed by atoms with Gasteiger partial charge >= 0.3 is 5.97 Å². The molecule has 0 aromatic carbocycles. The topological polar surface area (TPSA) is 75.3 Å². The average Bonchev–Trinajstić information content (AvgIpc) is 2.82. The molecule has 0 saturated carbocycles. The Hall–Kier alpha value is -1.27. The monoisotopic (exact) mass is 291 g/mol. The third-order valence-electron chi connectivity index (χ3n) is 2.84. The smallest absolute Gasteiger partial charge is 0.329 e. The Morgan fingerprint density at radius 2 is 2.33 bits per heavy atom. The quantitative estimate of drug-likeness (QED) is 0.641. The summed E-state index contributed by atoms with van der Waals surface area (Å²) in [5.41, 5.74) is 1.52. The molecule has 1 aromatic heterocycles. The van der Waals surface area contributed by atoms with Crippen molar-refractivity contribution >= 4 is 35.1 Å². The van der Waals surface area contributed by atoms with Crippen LogP contribution in [0, 0.1) is 0 Å². The molecule has 98 valence electrons. The van der Waals surface area contributed by atoms with E-state index in [1.54, 1.807) is 0 Å². The zero-order valence-corrected chi connectivity index (χ0v) is 11.0. The fourth-order valence-corrected chi connectivity index (χ4v) is 2.19. The number of methoxy groups -OCH3 is 1. The maximum Gasteiger partial charge on any atom is 0.329 e. The van der Waals surface area contributed by atoms with Crippen molar-refractivity contribution in [1.29, 1.82) is 0 Å². The highest BCUT2D eigenvalue weighted by atomic mass is 35.5. The molecule has 0 radical (unpaired) electrons. The summed E-state index contributed by atoms with van der Waals surface area (Å²) in [4.78, 5) is 30.7. The van der Waals surface area contributed by atoms with Gasteiger partial charge in [0.25, 0.3) is 5.91 Å². The summed E-state index contributed by atoms with van der Waals surface area (Å²) >= 11 is 11.1. The van der Waals surface area contributed by atoms with E-state index in [1.165, 1.54) is 18.3 Å². The maximum absolute atomic E-state index is 11.9. The van der Waals surface area contributed by atoms with Crippen molar-refractivity contribution in [2.24, 2.45) is 0 Å². The van der Waals surface area contributed by atoms with Crippen LogP contribution < -0.4 is 0 Å². The van der Waals surface area contributed by atoms with Gasteiger partial charge in [-0.3, -0.25) is 4.79 Å². The standard InChI is InChI=1S/C10H11Cl2N3O3/c1-18-10(17)7-2-5-6(14-4-13-5)3-15(7)9(16)8(11)12/h4,7-8H,2-3H2,1H3,(H,13,14). The van der Waals surface area contributed by atoms with Gasteiger partial charge in [0, 0.05) is 6.42 Å². The maximum atomic E-state index is 11.9. The molecule has 1 N–H and O–H groups in total. The lowest BCUT2D eigenvalue weighted by molar-refractivity contribution is -0.153. The number of nitrogens with one attached hydrogen (secondary N) is 1. The summed E-state index contributed by atoms with van der Waals surface area (Å²) in [5.74, 6) is -1.03. The number of alkyl halides is 2. The second-order valence-electron chi connectivity index (χ2n) is 3.84. The number of ether oxygens (including phenoxy) is 1. The van der Waals surface area contributed by atoms with Crippen molar-refractivity contribution in [2.75, 3.05) is 7.11 Å². The molecule has 8 heteroatoms. The lowest BCUT2D eigenvalue weighted by atomic mass is 10.0. The minimum absolute atomic E-state index is 0.212. The number of nitrogens with zero attached hydrogens (tertiary/aromatic N) is 2. The van der Waals surface area contributed by atoms with E-state index in [9.17, 15) is 9.59 Å². The average molecular weight is 292 g/mol. The first-order valence-electron chi connectivity index (χ1n) is 5.22. The van der Waals surface area contributed by atoms with Gasteiger partial charge in [0.05, 0.1) is 31.4 Å². The van der Waals surface area contributed by atoms with E-state index in [0.29, 0.717) is 0 Å². The first-order chi connectivity index (χ1) is 8.54. The van der Waals surface area contributed by atoms with Gasteiger partial charge in [-0.1, -0.05) is 23.2 Å². The number of carbonyl (C=O) groups is 2. The van der Waals surface area contributed by atoms with Crippen LogP contribution in [0.25, 0.3) is 0 Å². The number of imidazole rings is 1. The fourth-order valence-electron chi connectivity index (χ4n) is 1.94. The lowest BCUT2D eigenvalue weighted by Gasteiger charge is -2.33. The number of halogens is 2. The van der Waals surface area contributed by atoms with E-state index in [2.05, 4.69) is 14.7 Å². The summed E-state index contributed by atoms with van der Waals surface area (Å²) in [6.45, 7) is 0.212. The summed E-state index contributed by atoms with van der Waals surface area (Å²) in [7, 11) is 1.27. The highest BCUT2D eigenvalue weighted by Gasteiger charge is 2.38. The molecule has 1 unspecified atom stereocenters. The Labute approximate surface area is 113 Å². The number of rotatable bonds is 2. The molecule has 0 aliphatic carbocycles. The number of aromatic amines is 1. The number of hydrogen-bond donors (Lipinski definition) is 1. The van der Waals surface area contributed by atoms with Crippen molar-refractivity contribution in [1.82, 2.24) is 14.9 Å². The van der Waals surface area contributed by atoms with Gasteiger partial charge in [-0.25, -0.2) is 9.78 Å². The van der Waals surface area contributed by atoms with Crippen LogP contribution in [0.15, 0.2) is 6.33 Å². The first kappa shape index (κ1) is 13.2. The second-order valence-corrected chi connectivity index (χ2v) is 4.93. The van der Waals surface area contributed by atoms with Crippen LogP contribution in [0.1, 0.15) is 11.4 Å². The highest BCUT2D eigenvalue weighted by molar-refractivity contribution is 6.53. The Morgan fingerprint density at radius 3 is 2.94 bits per heavy atom. The van der Waals surface area contributed by atoms with Crippen molar-refractivity contribution < 1.29 is 14.3 Å². The molecule has 1 amide bonds. The summed E-state index contributed by atoms with van der Waals surface area (Å²) < 4.78 is 4.68. The minimum Gasteiger partial charge on any atom is -0.467 e. The number of esters is 1. The van der Waals surface area contributed by atoms with Crippen molar-refractivity contribution in [3.8, 4) is 0 Å². The predicted molar refractivity (Wildman–Crippen MR) is 64.1 cm³/mol. The molecule has 2 rings (SSSR count). The molecule has 0 saturated heterocycles. The number of H-pyrrole nitrogens is 1.